The molecule has 0 saturated heterocycles. The molecule has 0 heterocycles. The Kier molecular flexibility index (Phi) is 11.0. The van der Waals surface area contributed by atoms with Crippen molar-refractivity contribution in [1.29, 1.82) is 0 Å². The van der Waals surface area contributed by atoms with E-state index < -0.39 is 0 Å². The van der Waals surface area contributed by atoms with Crippen LogP contribution in [0.5, 0.6) is 0 Å². The number of thioether (sulfide) groups is 1. The van der Waals surface area contributed by atoms with E-state index in [1.807, 2.05) is 11.8 Å². The number of nitrogens with zero attached hydrogens (tertiary/aromatic N) is 1. The summed E-state index contributed by atoms with van der Waals surface area (Å²) in [6.07, 6.45) is 2.12. The van der Waals surface area contributed by atoms with Gasteiger partial charge in [0, 0.05) is 11.8 Å². The van der Waals surface area contributed by atoms with E-state index in [-0.39, 0.29) is 30.0 Å². The monoisotopic (exact) mass is 421 g/mol. The number of halogens is 1. The van der Waals surface area contributed by atoms with Crippen LogP contribution in [0.4, 0.5) is 0 Å². The highest BCUT2D eigenvalue weighted by atomic mass is 127. The molecule has 1 aromatic rings. The Bertz CT molecular complexity index is 437. The zero-order valence-electron chi connectivity index (χ0n) is 13.6. The van der Waals surface area contributed by atoms with Crippen LogP contribution in [0.25, 0.3) is 0 Å². The summed E-state index contributed by atoms with van der Waals surface area (Å²) in [6, 6.07) is 8.72. The molecule has 0 aliphatic carbocycles. The normalized spacial score (nSPS) is 14.0. The van der Waals surface area contributed by atoms with Gasteiger partial charge < -0.3 is 10.6 Å². The van der Waals surface area contributed by atoms with E-state index in [1.54, 1.807) is 0 Å². The lowest BCUT2D eigenvalue weighted by Crippen LogP contribution is -2.39. The number of nitrogens with one attached hydrogen (secondary N) is 2. The first-order valence-corrected chi connectivity index (χ1v) is 8.50. The first kappa shape index (κ1) is 20.6. The van der Waals surface area contributed by atoms with Gasteiger partial charge in [-0.3, -0.25) is 4.99 Å². The maximum atomic E-state index is 4.65. The molecule has 5 heteroatoms. The van der Waals surface area contributed by atoms with Crippen LogP contribution >= 0.6 is 35.7 Å². The predicted octanol–water partition coefficient (Wildman–Crippen LogP) is 3.98. The van der Waals surface area contributed by atoms with Crippen LogP contribution in [0.3, 0.4) is 0 Å². The summed E-state index contributed by atoms with van der Waals surface area (Å²) in [7, 11) is 0. The Balaban J connectivity index is 0.00000400. The van der Waals surface area contributed by atoms with Crippen molar-refractivity contribution in [3.05, 3.63) is 35.4 Å². The summed E-state index contributed by atoms with van der Waals surface area (Å²) in [4.78, 5) is 4.65. The molecule has 0 spiro atoms. The molecule has 1 rings (SSSR count). The summed E-state index contributed by atoms with van der Waals surface area (Å²) in [6.45, 7) is 10.3. The molecule has 0 saturated carbocycles. The standard InChI is InChI=1S/C16H27N3S.HI/c1-6-17-16(18-11-13(3)20-5)19-14(4)15-10-8-7-9-12(15)2;/h7-10,13-14H,6,11H2,1-5H3,(H2,17,18,19);1H. The van der Waals surface area contributed by atoms with Crippen LogP contribution in [0.2, 0.25) is 0 Å². The van der Waals surface area contributed by atoms with Crippen molar-refractivity contribution in [2.24, 2.45) is 4.99 Å². The van der Waals surface area contributed by atoms with Gasteiger partial charge in [0.05, 0.1) is 12.6 Å². The largest absolute Gasteiger partial charge is 0.357 e. The molecule has 2 atom stereocenters. The van der Waals surface area contributed by atoms with Gasteiger partial charge in [0.1, 0.15) is 0 Å². The second-order valence-electron chi connectivity index (χ2n) is 4.99. The minimum atomic E-state index is 0. The SMILES string of the molecule is CCNC(=NCC(C)SC)NC(C)c1ccccc1C.I. The summed E-state index contributed by atoms with van der Waals surface area (Å²) in [5, 5.41) is 7.34. The van der Waals surface area contributed by atoms with E-state index in [2.05, 4.69) is 73.8 Å². The summed E-state index contributed by atoms with van der Waals surface area (Å²) in [5.74, 6) is 0.893. The van der Waals surface area contributed by atoms with Crippen molar-refractivity contribution in [2.75, 3.05) is 19.3 Å². The van der Waals surface area contributed by atoms with Gasteiger partial charge in [-0.05, 0) is 38.2 Å². The Labute approximate surface area is 150 Å². The summed E-state index contributed by atoms with van der Waals surface area (Å²) < 4.78 is 0. The zero-order valence-corrected chi connectivity index (χ0v) is 16.8. The highest BCUT2D eigenvalue weighted by Crippen LogP contribution is 2.16. The molecule has 0 fully saturated rings. The maximum absolute atomic E-state index is 4.65. The van der Waals surface area contributed by atoms with Crippen LogP contribution in [0, 0.1) is 6.92 Å². The van der Waals surface area contributed by atoms with Gasteiger partial charge >= 0.3 is 0 Å². The predicted molar refractivity (Wildman–Crippen MR) is 107 cm³/mol. The van der Waals surface area contributed by atoms with E-state index >= 15 is 0 Å². The van der Waals surface area contributed by atoms with Crippen molar-refractivity contribution in [3.63, 3.8) is 0 Å². The van der Waals surface area contributed by atoms with Crippen LogP contribution in [0.1, 0.15) is 37.9 Å². The summed E-state index contributed by atoms with van der Waals surface area (Å²) in [5.41, 5.74) is 2.62. The van der Waals surface area contributed by atoms with Gasteiger partial charge in [-0.2, -0.15) is 11.8 Å². The Morgan fingerprint density at radius 1 is 1.29 bits per heavy atom. The van der Waals surface area contributed by atoms with Gasteiger partial charge in [-0.25, -0.2) is 0 Å². The molecule has 0 bridgehead atoms. The maximum Gasteiger partial charge on any atom is 0.191 e. The first-order chi connectivity index (χ1) is 9.58. The van der Waals surface area contributed by atoms with Gasteiger partial charge in [0.25, 0.3) is 0 Å². The Morgan fingerprint density at radius 2 is 1.95 bits per heavy atom. The van der Waals surface area contributed by atoms with Gasteiger partial charge in [-0.15, -0.1) is 24.0 Å². The number of aryl methyl sites for hydroxylation is 1. The zero-order chi connectivity index (χ0) is 15.0. The first-order valence-electron chi connectivity index (χ1n) is 7.21. The fourth-order valence-electron chi connectivity index (χ4n) is 1.97. The lowest BCUT2D eigenvalue weighted by molar-refractivity contribution is 0.682. The Morgan fingerprint density at radius 3 is 2.52 bits per heavy atom. The van der Waals surface area contributed by atoms with E-state index in [0.29, 0.717) is 5.25 Å². The molecule has 0 amide bonds. The second-order valence-corrected chi connectivity index (χ2v) is 6.26. The average Bonchev–Trinajstić information content (AvgIpc) is 2.44. The number of aliphatic imine (C=N–C) groups is 1. The number of rotatable bonds is 6. The Hall–Kier alpha value is -0.430. The molecule has 21 heavy (non-hydrogen) atoms. The molecular formula is C16H28IN3S. The molecule has 0 aromatic heterocycles. The second kappa shape index (κ2) is 11.2. The molecule has 1 aromatic carbocycles. The topological polar surface area (TPSA) is 36.4 Å². The van der Waals surface area contributed by atoms with E-state index in [1.165, 1.54) is 11.1 Å². The number of benzene rings is 1. The number of hydrogen-bond acceptors (Lipinski definition) is 2. The molecule has 2 N–H and O–H groups in total. The molecule has 120 valence electrons. The molecule has 2 unspecified atom stereocenters. The van der Waals surface area contributed by atoms with Crippen molar-refractivity contribution < 1.29 is 0 Å². The van der Waals surface area contributed by atoms with Crippen molar-refractivity contribution in [2.45, 2.75) is 39.0 Å². The number of guanidine groups is 1. The minimum absolute atomic E-state index is 0. The van der Waals surface area contributed by atoms with Gasteiger partial charge in [0.15, 0.2) is 5.96 Å². The van der Waals surface area contributed by atoms with E-state index in [4.69, 9.17) is 0 Å². The minimum Gasteiger partial charge on any atom is -0.357 e. The van der Waals surface area contributed by atoms with Crippen LogP contribution in [-0.2, 0) is 0 Å². The fraction of sp³-hybridized carbons (Fsp3) is 0.562. The lowest BCUT2D eigenvalue weighted by atomic mass is 10.0. The van der Waals surface area contributed by atoms with Gasteiger partial charge in [-0.1, -0.05) is 31.2 Å². The lowest BCUT2D eigenvalue weighted by Gasteiger charge is -2.20. The molecule has 0 radical (unpaired) electrons. The quantitative estimate of drug-likeness (QED) is 0.415. The molecule has 3 nitrogen and oxygen atoms in total. The van der Waals surface area contributed by atoms with E-state index in [9.17, 15) is 0 Å². The smallest absolute Gasteiger partial charge is 0.191 e. The van der Waals surface area contributed by atoms with E-state index in [0.717, 1.165) is 19.0 Å². The molecule has 0 aliphatic heterocycles. The van der Waals surface area contributed by atoms with Crippen molar-refractivity contribution in [3.8, 4) is 0 Å². The fourth-order valence-corrected chi connectivity index (χ4v) is 2.19. The summed E-state index contributed by atoms with van der Waals surface area (Å²) >= 11 is 1.84. The van der Waals surface area contributed by atoms with Crippen LogP contribution < -0.4 is 10.6 Å². The number of hydrogen-bond donors (Lipinski definition) is 2. The van der Waals surface area contributed by atoms with Crippen LogP contribution in [0.15, 0.2) is 29.3 Å². The molecular weight excluding hydrogens is 393 g/mol. The van der Waals surface area contributed by atoms with Gasteiger partial charge in [0.2, 0.25) is 0 Å². The third kappa shape index (κ3) is 7.40. The van der Waals surface area contributed by atoms with Crippen molar-refractivity contribution >= 4 is 41.7 Å². The highest BCUT2D eigenvalue weighted by Gasteiger charge is 2.09. The third-order valence-electron chi connectivity index (χ3n) is 3.26. The van der Waals surface area contributed by atoms with Crippen LogP contribution in [-0.4, -0.2) is 30.6 Å². The third-order valence-corrected chi connectivity index (χ3v) is 4.22. The highest BCUT2D eigenvalue weighted by molar-refractivity contribution is 14.0. The average molecular weight is 421 g/mol. The molecule has 0 aliphatic rings. The van der Waals surface area contributed by atoms with Crippen molar-refractivity contribution in [1.82, 2.24) is 10.6 Å².